The molecule has 0 aromatic carbocycles. The Labute approximate surface area is 107 Å². The van der Waals surface area contributed by atoms with E-state index in [-0.39, 0.29) is 12.1 Å². The van der Waals surface area contributed by atoms with Crippen LogP contribution in [0.3, 0.4) is 0 Å². The minimum Gasteiger partial charge on any atom is -0.377 e. The van der Waals surface area contributed by atoms with Crippen LogP contribution < -0.4 is 5.32 Å². The molecule has 18 heavy (non-hydrogen) atoms. The van der Waals surface area contributed by atoms with E-state index in [2.05, 4.69) is 22.4 Å². The lowest BCUT2D eigenvalue weighted by Gasteiger charge is -2.19. The molecule has 0 radical (unpaired) electrons. The predicted molar refractivity (Wildman–Crippen MR) is 66.3 cm³/mol. The average molecular weight is 251 g/mol. The maximum atomic E-state index is 5.68. The second-order valence-corrected chi connectivity index (χ2v) is 5.21. The number of aromatic nitrogens is 2. The van der Waals surface area contributed by atoms with Crippen molar-refractivity contribution in [1.29, 1.82) is 0 Å². The molecule has 5 heteroatoms. The van der Waals surface area contributed by atoms with Crippen LogP contribution in [0.1, 0.15) is 62.7 Å². The van der Waals surface area contributed by atoms with E-state index in [0.29, 0.717) is 5.92 Å². The summed E-state index contributed by atoms with van der Waals surface area (Å²) in [5.41, 5.74) is 0. The van der Waals surface area contributed by atoms with Gasteiger partial charge in [0.2, 0.25) is 5.89 Å². The molecule has 0 saturated carbocycles. The van der Waals surface area contributed by atoms with E-state index in [1.807, 2.05) is 0 Å². The third-order valence-corrected chi connectivity index (χ3v) is 4.01. The van der Waals surface area contributed by atoms with Crippen LogP contribution in [0.5, 0.6) is 0 Å². The zero-order valence-corrected chi connectivity index (χ0v) is 10.9. The van der Waals surface area contributed by atoms with Gasteiger partial charge in [-0.15, -0.1) is 0 Å². The fourth-order valence-corrected chi connectivity index (χ4v) is 2.94. The van der Waals surface area contributed by atoms with Gasteiger partial charge < -0.3 is 14.6 Å². The molecule has 1 aromatic rings. The van der Waals surface area contributed by atoms with Crippen molar-refractivity contribution in [1.82, 2.24) is 15.5 Å². The zero-order chi connectivity index (χ0) is 12.4. The van der Waals surface area contributed by atoms with E-state index in [9.17, 15) is 0 Å². The Kier molecular flexibility index (Phi) is 3.61. The molecule has 2 fully saturated rings. The van der Waals surface area contributed by atoms with Gasteiger partial charge in [0.25, 0.3) is 0 Å². The fraction of sp³-hybridized carbons (Fsp3) is 0.846. The van der Waals surface area contributed by atoms with Gasteiger partial charge in [-0.25, -0.2) is 0 Å². The second-order valence-electron chi connectivity index (χ2n) is 5.21. The SMILES string of the molecule is CCC1OCCC1c1nc(C2CCCCN2)no1. The summed E-state index contributed by atoms with van der Waals surface area (Å²) in [6.45, 7) is 4.00. The van der Waals surface area contributed by atoms with Crippen molar-refractivity contribution >= 4 is 0 Å². The summed E-state index contributed by atoms with van der Waals surface area (Å²) in [6.07, 6.45) is 5.85. The maximum Gasteiger partial charge on any atom is 0.232 e. The van der Waals surface area contributed by atoms with Gasteiger partial charge in [0.1, 0.15) is 0 Å². The highest BCUT2D eigenvalue weighted by molar-refractivity contribution is 5.03. The smallest absolute Gasteiger partial charge is 0.232 e. The van der Waals surface area contributed by atoms with Crippen LogP contribution in [0.25, 0.3) is 0 Å². The Balaban J connectivity index is 1.72. The first kappa shape index (κ1) is 12.1. The molecule has 3 unspecified atom stereocenters. The van der Waals surface area contributed by atoms with Crippen molar-refractivity contribution in [3.8, 4) is 0 Å². The van der Waals surface area contributed by atoms with Gasteiger partial charge in [-0.05, 0) is 32.2 Å². The standard InChI is InChI=1S/C13H21N3O2/c1-2-11-9(6-8-17-11)13-15-12(16-18-13)10-5-3-4-7-14-10/h9-11,14H,2-8H2,1H3. The third kappa shape index (κ3) is 2.29. The van der Waals surface area contributed by atoms with Crippen molar-refractivity contribution < 1.29 is 9.26 Å². The topological polar surface area (TPSA) is 60.2 Å². The summed E-state index contributed by atoms with van der Waals surface area (Å²) < 4.78 is 11.1. The number of nitrogens with one attached hydrogen (secondary N) is 1. The molecule has 1 N–H and O–H groups in total. The highest BCUT2D eigenvalue weighted by Crippen LogP contribution is 2.32. The van der Waals surface area contributed by atoms with E-state index in [4.69, 9.17) is 9.26 Å². The summed E-state index contributed by atoms with van der Waals surface area (Å²) in [5, 5.41) is 7.60. The quantitative estimate of drug-likeness (QED) is 0.892. The number of hydrogen-bond acceptors (Lipinski definition) is 5. The lowest BCUT2D eigenvalue weighted by Crippen LogP contribution is -2.27. The van der Waals surface area contributed by atoms with Crippen LogP contribution in [-0.2, 0) is 4.74 Å². The van der Waals surface area contributed by atoms with E-state index >= 15 is 0 Å². The first-order valence-corrected chi connectivity index (χ1v) is 7.07. The van der Waals surface area contributed by atoms with Gasteiger partial charge in [-0.3, -0.25) is 0 Å². The van der Waals surface area contributed by atoms with Crippen LogP contribution >= 0.6 is 0 Å². The zero-order valence-electron chi connectivity index (χ0n) is 10.9. The molecule has 3 atom stereocenters. The van der Waals surface area contributed by atoms with Gasteiger partial charge in [-0.2, -0.15) is 4.98 Å². The third-order valence-electron chi connectivity index (χ3n) is 4.01. The Bertz CT molecular complexity index is 387. The number of piperidine rings is 1. The Morgan fingerprint density at radius 1 is 1.33 bits per heavy atom. The first-order valence-electron chi connectivity index (χ1n) is 7.07. The molecule has 0 bridgehead atoms. The van der Waals surface area contributed by atoms with Crippen molar-refractivity contribution in [3.05, 3.63) is 11.7 Å². The molecular weight excluding hydrogens is 230 g/mol. The molecule has 1 aromatic heterocycles. The molecule has 0 aliphatic carbocycles. The summed E-state index contributed by atoms with van der Waals surface area (Å²) in [6, 6.07) is 0.277. The molecule has 2 aliphatic rings. The first-order chi connectivity index (χ1) is 8.88. The maximum absolute atomic E-state index is 5.68. The highest BCUT2D eigenvalue weighted by atomic mass is 16.5. The van der Waals surface area contributed by atoms with E-state index in [1.165, 1.54) is 12.8 Å². The lowest BCUT2D eigenvalue weighted by molar-refractivity contribution is 0.0953. The molecule has 0 amide bonds. The van der Waals surface area contributed by atoms with Gasteiger partial charge in [-0.1, -0.05) is 18.5 Å². The molecule has 3 rings (SSSR count). The van der Waals surface area contributed by atoms with Crippen LogP contribution in [0.4, 0.5) is 0 Å². The molecule has 0 spiro atoms. The number of ether oxygens (including phenoxy) is 1. The highest BCUT2D eigenvalue weighted by Gasteiger charge is 2.33. The summed E-state index contributed by atoms with van der Waals surface area (Å²) in [5.74, 6) is 1.88. The van der Waals surface area contributed by atoms with Crippen molar-refractivity contribution in [3.63, 3.8) is 0 Å². The van der Waals surface area contributed by atoms with Crippen LogP contribution in [-0.4, -0.2) is 29.4 Å². The molecule has 2 saturated heterocycles. The molecule has 5 nitrogen and oxygen atoms in total. The lowest BCUT2D eigenvalue weighted by atomic mass is 9.99. The normalized spacial score (nSPS) is 32.8. The number of rotatable bonds is 3. The monoisotopic (exact) mass is 251 g/mol. The van der Waals surface area contributed by atoms with Gasteiger partial charge in [0.05, 0.1) is 18.1 Å². The summed E-state index contributed by atoms with van der Waals surface area (Å²) >= 11 is 0. The van der Waals surface area contributed by atoms with Gasteiger partial charge in [0, 0.05) is 6.61 Å². The predicted octanol–water partition coefficient (Wildman–Crippen LogP) is 2.17. The summed E-state index contributed by atoms with van der Waals surface area (Å²) in [4.78, 5) is 4.59. The molecule has 3 heterocycles. The molecule has 2 aliphatic heterocycles. The molecular formula is C13H21N3O2. The van der Waals surface area contributed by atoms with E-state index in [1.54, 1.807) is 0 Å². The van der Waals surface area contributed by atoms with Crippen molar-refractivity contribution in [2.45, 2.75) is 57.1 Å². The minimum absolute atomic E-state index is 0.248. The Morgan fingerprint density at radius 3 is 3.06 bits per heavy atom. The largest absolute Gasteiger partial charge is 0.377 e. The number of nitrogens with zero attached hydrogens (tertiary/aromatic N) is 2. The van der Waals surface area contributed by atoms with Crippen molar-refractivity contribution in [2.75, 3.05) is 13.2 Å². The van der Waals surface area contributed by atoms with E-state index in [0.717, 1.165) is 44.1 Å². The van der Waals surface area contributed by atoms with E-state index < -0.39 is 0 Å². The van der Waals surface area contributed by atoms with Crippen LogP contribution in [0, 0.1) is 0 Å². The van der Waals surface area contributed by atoms with Gasteiger partial charge in [0.15, 0.2) is 5.82 Å². The van der Waals surface area contributed by atoms with Crippen molar-refractivity contribution in [2.24, 2.45) is 0 Å². The minimum atomic E-state index is 0.248. The Morgan fingerprint density at radius 2 is 2.28 bits per heavy atom. The number of hydrogen-bond donors (Lipinski definition) is 1. The Hall–Kier alpha value is -0.940. The average Bonchev–Trinajstić information content (AvgIpc) is 3.08. The summed E-state index contributed by atoms with van der Waals surface area (Å²) in [7, 11) is 0. The molecule has 100 valence electrons. The van der Waals surface area contributed by atoms with Crippen LogP contribution in [0.2, 0.25) is 0 Å². The second kappa shape index (κ2) is 5.36. The fourth-order valence-electron chi connectivity index (χ4n) is 2.94. The van der Waals surface area contributed by atoms with Crippen LogP contribution in [0.15, 0.2) is 4.52 Å². The van der Waals surface area contributed by atoms with Gasteiger partial charge >= 0.3 is 0 Å².